The van der Waals surface area contributed by atoms with E-state index in [1.54, 1.807) is 11.3 Å². The molecule has 0 radical (unpaired) electrons. The SMILES string of the molecule is CN(CCNC1CC1)Cc1ccc(Cl)s1. The van der Waals surface area contributed by atoms with Crippen molar-refractivity contribution in [3.8, 4) is 0 Å². The van der Waals surface area contributed by atoms with Crippen LogP contribution in [-0.4, -0.2) is 31.1 Å². The zero-order valence-corrected chi connectivity index (χ0v) is 10.6. The molecule has 84 valence electrons. The summed E-state index contributed by atoms with van der Waals surface area (Å²) < 4.78 is 0.884. The van der Waals surface area contributed by atoms with Gasteiger partial charge in [-0.3, -0.25) is 0 Å². The Morgan fingerprint density at radius 3 is 2.93 bits per heavy atom. The molecule has 0 spiro atoms. The molecule has 0 unspecified atom stereocenters. The van der Waals surface area contributed by atoms with Crippen molar-refractivity contribution in [3.63, 3.8) is 0 Å². The predicted molar refractivity (Wildman–Crippen MR) is 66.7 cm³/mol. The molecule has 1 aliphatic carbocycles. The van der Waals surface area contributed by atoms with Crippen molar-refractivity contribution in [3.05, 3.63) is 21.3 Å². The van der Waals surface area contributed by atoms with Gasteiger partial charge in [0, 0.05) is 30.6 Å². The van der Waals surface area contributed by atoms with Crippen LogP contribution < -0.4 is 5.32 Å². The van der Waals surface area contributed by atoms with E-state index in [1.165, 1.54) is 17.7 Å². The second-order valence-corrected chi connectivity index (χ2v) is 5.97. The Morgan fingerprint density at radius 1 is 1.53 bits per heavy atom. The van der Waals surface area contributed by atoms with Gasteiger partial charge in [0.1, 0.15) is 0 Å². The van der Waals surface area contributed by atoms with Gasteiger partial charge in [0.15, 0.2) is 0 Å². The van der Waals surface area contributed by atoms with Crippen LogP contribution in [0, 0.1) is 0 Å². The molecule has 4 heteroatoms. The highest BCUT2D eigenvalue weighted by atomic mass is 35.5. The van der Waals surface area contributed by atoms with Crippen LogP contribution in [0.3, 0.4) is 0 Å². The molecule has 1 aromatic rings. The molecule has 0 bridgehead atoms. The molecule has 0 saturated heterocycles. The van der Waals surface area contributed by atoms with Gasteiger partial charge in [-0.05, 0) is 32.0 Å². The average Bonchev–Trinajstić information content (AvgIpc) is 2.91. The number of hydrogen-bond acceptors (Lipinski definition) is 3. The van der Waals surface area contributed by atoms with Crippen molar-refractivity contribution < 1.29 is 0 Å². The van der Waals surface area contributed by atoms with Gasteiger partial charge in [-0.15, -0.1) is 11.3 Å². The maximum absolute atomic E-state index is 5.89. The molecule has 0 aliphatic heterocycles. The second-order valence-electron chi connectivity index (χ2n) is 4.17. The van der Waals surface area contributed by atoms with Gasteiger partial charge in [0.2, 0.25) is 0 Å². The summed E-state index contributed by atoms with van der Waals surface area (Å²) >= 11 is 7.56. The molecule has 2 rings (SSSR count). The fourth-order valence-electron chi connectivity index (χ4n) is 1.53. The fraction of sp³-hybridized carbons (Fsp3) is 0.636. The van der Waals surface area contributed by atoms with E-state index in [0.29, 0.717) is 0 Å². The highest BCUT2D eigenvalue weighted by Crippen LogP contribution is 2.22. The number of likely N-dealkylation sites (N-methyl/N-ethyl adjacent to an activating group) is 1. The Labute approximate surface area is 100 Å². The first-order valence-corrected chi connectivity index (χ1v) is 6.59. The van der Waals surface area contributed by atoms with Crippen molar-refractivity contribution >= 4 is 22.9 Å². The Balaban J connectivity index is 1.64. The van der Waals surface area contributed by atoms with Gasteiger partial charge in [0.05, 0.1) is 4.34 Å². The van der Waals surface area contributed by atoms with E-state index >= 15 is 0 Å². The number of thiophene rings is 1. The van der Waals surface area contributed by atoms with Crippen molar-refractivity contribution in [2.24, 2.45) is 0 Å². The summed E-state index contributed by atoms with van der Waals surface area (Å²) in [4.78, 5) is 3.67. The zero-order valence-electron chi connectivity index (χ0n) is 9.00. The summed E-state index contributed by atoms with van der Waals surface area (Å²) in [5, 5.41) is 3.51. The lowest BCUT2D eigenvalue weighted by Crippen LogP contribution is -2.29. The third kappa shape index (κ3) is 4.11. The number of nitrogens with one attached hydrogen (secondary N) is 1. The van der Waals surface area contributed by atoms with Crippen molar-refractivity contribution in [2.75, 3.05) is 20.1 Å². The molecule has 1 fully saturated rings. The summed E-state index contributed by atoms with van der Waals surface area (Å²) in [6, 6.07) is 4.89. The average molecular weight is 245 g/mol. The third-order valence-corrected chi connectivity index (χ3v) is 3.77. The quantitative estimate of drug-likeness (QED) is 0.828. The molecule has 0 atom stereocenters. The number of halogens is 1. The standard InChI is InChI=1S/C11H17ClN2S/c1-14(7-6-13-9-2-3-9)8-10-4-5-11(12)15-10/h4-5,9,13H,2-3,6-8H2,1H3. The molecule has 1 aromatic heterocycles. The Kier molecular flexibility index (Phi) is 4.03. The second kappa shape index (κ2) is 5.30. The highest BCUT2D eigenvalue weighted by Gasteiger charge is 2.19. The highest BCUT2D eigenvalue weighted by molar-refractivity contribution is 7.16. The lowest BCUT2D eigenvalue weighted by molar-refractivity contribution is 0.327. The first-order chi connectivity index (χ1) is 7.24. The third-order valence-electron chi connectivity index (χ3n) is 2.56. The summed E-state index contributed by atoms with van der Waals surface area (Å²) in [6.07, 6.45) is 2.73. The lowest BCUT2D eigenvalue weighted by atomic mass is 10.4. The molecule has 1 N–H and O–H groups in total. The van der Waals surface area contributed by atoms with E-state index in [4.69, 9.17) is 11.6 Å². The minimum Gasteiger partial charge on any atom is -0.313 e. The van der Waals surface area contributed by atoms with Crippen molar-refractivity contribution in [1.82, 2.24) is 10.2 Å². The molecule has 1 aliphatic rings. The van der Waals surface area contributed by atoms with E-state index in [9.17, 15) is 0 Å². The summed E-state index contributed by atoms with van der Waals surface area (Å²) in [7, 11) is 2.15. The van der Waals surface area contributed by atoms with Crippen LogP contribution >= 0.6 is 22.9 Å². The summed E-state index contributed by atoms with van der Waals surface area (Å²) in [6.45, 7) is 3.20. The van der Waals surface area contributed by atoms with Gasteiger partial charge >= 0.3 is 0 Å². The molecule has 1 saturated carbocycles. The Bertz CT molecular complexity index is 309. The fourth-order valence-corrected chi connectivity index (χ4v) is 2.70. The first kappa shape index (κ1) is 11.4. The number of nitrogens with zero attached hydrogens (tertiary/aromatic N) is 1. The molecule has 0 aromatic carbocycles. The Morgan fingerprint density at radius 2 is 2.33 bits per heavy atom. The van der Waals surface area contributed by atoms with Crippen LogP contribution in [0.4, 0.5) is 0 Å². The molecular formula is C11H17ClN2S. The molecule has 2 nitrogen and oxygen atoms in total. The maximum atomic E-state index is 5.89. The molecular weight excluding hydrogens is 228 g/mol. The first-order valence-electron chi connectivity index (χ1n) is 5.40. The molecule has 0 amide bonds. The van der Waals surface area contributed by atoms with Crippen molar-refractivity contribution in [2.45, 2.75) is 25.4 Å². The van der Waals surface area contributed by atoms with Gasteiger partial charge in [-0.1, -0.05) is 11.6 Å². The summed E-state index contributed by atoms with van der Waals surface area (Å²) in [5.41, 5.74) is 0. The van der Waals surface area contributed by atoms with E-state index in [-0.39, 0.29) is 0 Å². The van der Waals surface area contributed by atoms with Gasteiger partial charge < -0.3 is 10.2 Å². The van der Waals surface area contributed by atoms with E-state index in [0.717, 1.165) is 30.0 Å². The smallest absolute Gasteiger partial charge is 0.0931 e. The lowest BCUT2D eigenvalue weighted by Gasteiger charge is -2.15. The molecule has 15 heavy (non-hydrogen) atoms. The molecule has 1 heterocycles. The van der Waals surface area contributed by atoms with E-state index < -0.39 is 0 Å². The topological polar surface area (TPSA) is 15.3 Å². The minimum absolute atomic E-state index is 0.814. The van der Waals surface area contributed by atoms with Crippen LogP contribution in [0.25, 0.3) is 0 Å². The normalized spacial score (nSPS) is 16.2. The van der Waals surface area contributed by atoms with Gasteiger partial charge in [0.25, 0.3) is 0 Å². The van der Waals surface area contributed by atoms with Crippen LogP contribution in [-0.2, 0) is 6.54 Å². The monoisotopic (exact) mass is 244 g/mol. The largest absolute Gasteiger partial charge is 0.313 e. The van der Waals surface area contributed by atoms with Crippen LogP contribution in [0.15, 0.2) is 12.1 Å². The van der Waals surface area contributed by atoms with Gasteiger partial charge in [-0.25, -0.2) is 0 Å². The minimum atomic E-state index is 0.814. The van der Waals surface area contributed by atoms with E-state index in [1.807, 2.05) is 6.07 Å². The Hall–Kier alpha value is -0.0900. The van der Waals surface area contributed by atoms with Crippen molar-refractivity contribution in [1.29, 1.82) is 0 Å². The van der Waals surface area contributed by atoms with E-state index in [2.05, 4.69) is 23.3 Å². The number of hydrogen-bond donors (Lipinski definition) is 1. The summed E-state index contributed by atoms with van der Waals surface area (Å²) in [5.74, 6) is 0. The van der Waals surface area contributed by atoms with Gasteiger partial charge in [-0.2, -0.15) is 0 Å². The zero-order chi connectivity index (χ0) is 10.7. The van der Waals surface area contributed by atoms with Crippen LogP contribution in [0.2, 0.25) is 4.34 Å². The maximum Gasteiger partial charge on any atom is 0.0931 e. The van der Waals surface area contributed by atoms with Crippen LogP contribution in [0.1, 0.15) is 17.7 Å². The number of rotatable bonds is 6. The van der Waals surface area contributed by atoms with Crippen LogP contribution in [0.5, 0.6) is 0 Å². The predicted octanol–water partition coefficient (Wildman–Crippen LogP) is 2.59.